The number of benzene rings is 1. The Kier molecular flexibility index (Phi) is 3.86. The summed E-state index contributed by atoms with van der Waals surface area (Å²) in [6.45, 7) is 0. The second-order valence-corrected chi connectivity index (χ2v) is 9.26. The molecule has 2 saturated carbocycles. The van der Waals surface area contributed by atoms with Crippen LogP contribution in [0.4, 0.5) is 0 Å². The van der Waals surface area contributed by atoms with Crippen molar-refractivity contribution >= 4 is 17.7 Å². The Hall–Kier alpha value is -1.00. The Bertz CT molecular complexity index is 619. The van der Waals surface area contributed by atoms with E-state index in [-0.39, 0.29) is 18.0 Å². The Balaban J connectivity index is 1.31. The average molecular weight is 344 g/mol. The molecule has 2 aliphatic carbocycles. The van der Waals surface area contributed by atoms with E-state index in [1.54, 1.807) is 0 Å². The number of fused-ring (bicyclic) bond motifs is 2. The van der Waals surface area contributed by atoms with E-state index in [1.165, 1.54) is 19.3 Å². The van der Waals surface area contributed by atoms with Crippen LogP contribution in [0, 0.1) is 11.8 Å². The van der Waals surface area contributed by atoms with Gasteiger partial charge in [0.05, 0.1) is 18.1 Å². The first kappa shape index (κ1) is 15.3. The summed E-state index contributed by atoms with van der Waals surface area (Å²) in [5, 5.41) is 1.69. The molecule has 128 valence electrons. The van der Waals surface area contributed by atoms with Gasteiger partial charge in [0.2, 0.25) is 0 Å². The lowest BCUT2D eigenvalue weighted by Crippen LogP contribution is -2.29. The molecule has 0 aromatic heterocycles. The second kappa shape index (κ2) is 6.06. The molecule has 0 radical (unpaired) electrons. The van der Waals surface area contributed by atoms with Crippen LogP contribution in [-0.2, 0) is 14.3 Å². The van der Waals surface area contributed by atoms with Gasteiger partial charge in [-0.1, -0.05) is 30.3 Å². The number of hydrogen-bond acceptors (Lipinski definition) is 4. The van der Waals surface area contributed by atoms with Crippen LogP contribution in [0.1, 0.15) is 50.2 Å². The van der Waals surface area contributed by atoms with Gasteiger partial charge < -0.3 is 9.47 Å². The monoisotopic (exact) mass is 344 g/mol. The summed E-state index contributed by atoms with van der Waals surface area (Å²) in [6.07, 6.45) is 7.14. The summed E-state index contributed by atoms with van der Waals surface area (Å²) < 4.78 is 11.7. The minimum atomic E-state index is -0.0707. The van der Waals surface area contributed by atoms with Crippen molar-refractivity contribution in [3.63, 3.8) is 0 Å². The van der Waals surface area contributed by atoms with E-state index in [0.29, 0.717) is 18.1 Å². The highest BCUT2D eigenvalue weighted by Gasteiger charge is 2.48. The maximum absolute atomic E-state index is 12.8. The van der Waals surface area contributed by atoms with Gasteiger partial charge in [-0.15, -0.1) is 0 Å². The number of carbonyl (C=O) groups excluding carboxylic acids is 1. The maximum atomic E-state index is 12.8. The minimum Gasteiger partial charge on any atom is -0.457 e. The van der Waals surface area contributed by atoms with Gasteiger partial charge in [0, 0.05) is 16.4 Å². The molecule has 2 saturated heterocycles. The Morgan fingerprint density at radius 3 is 2.71 bits per heavy atom. The third kappa shape index (κ3) is 2.99. The van der Waals surface area contributed by atoms with Crippen LogP contribution in [0.25, 0.3) is 0 Å². The number of carbonyl (C=O) groups is 1. The summed E-state index contributed by atoms with van der Waals surface area (Å²) >= 11 is 2.11. The fourth-order valence-electron chi connectivity index (χ4n) is 4.63. The SMILES string of the molecule is O=C(OC(c1ccccc1)C1CCC2SC2C1)C1CCC2OC2C1. The van der Waals surface area contributed by atoms with Gasteiger partial charge in [-0.25, -0.2) is 0 Å². The fraction of sp³-hybridized carbons (Fsp3) is 0.650. The van der Waals surface area contributed by atoms with Crippen molar-refractivity contribution in [3.05, 3.63) is 35.9 Å². The van der Waals surface area contributed by atoms with Gasteiger partial charge in [0.1, 0.15) is 6.10 Å². The van der Waals surface area contributed by atoms with E-state index in [0.717, 1.165) is 35.3 Å². The van der Waals surface area contributed by atoms with Crippen LogP contribution in [0.2, 0.25) is 0 Å². The van der Waals surface area contributed by atoms with Gasteiger partial charge in [0.25, 0.3) is 0 Å². The van der Waals surface area contributed by atoms with Crippen molar-refractivity contribution in [1.29, 1.82) is 0 Å². The zero-order chi connectivity index (χ0) is 16.1. The molecular weight excluding hydrogens is 320 g/mol. The zero-order valence-electron chi connectivity index (χ0n) is 13.8. The van der Waals surface area contributed by atoms with Crippen molar-refractivity contribution in [2.45, 2.75) is 67.3 Å². The minimum absolute atomic E-state index is 0.00313. The lowest BCUT2D eigenvalue weighted by atomic mass is 9.82. The summed E-state index contributed by atoms with van der Waals surface area (Å²) in [7, 11) is 0. The van der Waals surface area contributed by atoms with Crippen molar-refractivity contribution in [2.24, 2.45) is 11.8 Å². The lowest BCUT2D eigenvalue weighted by molar-refractivity contribution is -0.159. The molecule has 0 N–H and O–H groups in total. The Morgan fingerprint density at radius 1 is 1.04 bits per heavy atom. The molecule has 7 atom stereocenters. The van der Waals surface area contributed by atoms with E-state index in [9.17, 15) is 4.79 Å². The highest BCUT2D eigenvalue weighted by atomic mass is 32.2. The van der Waals surface area contributed by atoms with Gasteiger partial charge >= 0.3 is 5.97 Å². The van der Waals surface area contributed by atoms with Crippen LogP contribution in [0.15, 0.2) is 30.3 Å². The van der Waals surface area contributed by atoms with E-state index >= 15 is 0 Å². The Labute approximate surface area is 147 Å². The van der Waals surface area contributed by atoms with E-state index in [2.05, 4.69) is 36.0 Å². The molecule has 0 bridgehead atoms. The quantitative estimate of drug-likeness (QED) is 0.608. The summed E-state index contributed by atoms with van der Waals surface area (Å²) in [5.74, 6) is 0.510. The number of ether oxygens (including phenoxy) is 2. The fourth-order valence-corrected chi connectivity index (χ4v) is 5.86. The molecule has 2 heterocycles. The summed E-state index contributed by atoms with van der Waals surface area (Å²) in [5.41, 5.74) is 1.16. The third-order valence-electron chi connectivity index (χ3n) is 6.18. The maximum Gasteiger partial charge on any atom is 0.309 e. The van der Waals surface area contributed by atoms with Gasteiger partial charge in [-0.2, -0.15) is 11.8 Å². The highest BCUT2D eigenvalue weighted by Crippen LogP contribution is 2.55. The number of rotatable bonds is 4. The molecule has 1 aromatic rings. The molecule has 0 amide bonds. The molecule has 7 unspecified atom stereocenters. The van der Waals surface area contributed by atoms with Gasteiger partial charge in [0.15, 0.2) is 0 Å². The first-order valence-corrected chi connectivity index (χ1v) is 10.3. The molecule has 4 aliphatic rings. The second-order valence-electron chi connectivity index (χ2n) is 7.78. The average Bonchev–Trinajstić information content (AvgIpc) is 3.53. The lowest BCUT2D eigenvalue weighted by Gasteiger charge is -2.31. The first-order chi connectivity index (χ1) is 11.8. The molecule has 5 rings (SSSR count). The van der Waals surface area contributed by atoms with Crippen LogP contribution >= 0.6 is 11.8 Å². The van der Waals surface area contributed by atoms with Crippen LogP contribution in [0.3, 0.4) is 0 Å². The van der Waals surface area contributed by atoms with Gasteiger partial charge in [-0.3, -0.25) is 4.79 Å². The molecule has 2 aliphatic heterocycles. The molecule has 0 spiro atoms. The van der Waals surface area contributed by atoms with Crippen LogP contribution < -0.4 is 0 Å². The third-order valence-corrected chi connectivity index (χ3v) is 7.65. The Morgan fingerprint density at radius 2 is 1.92 bits per heavy atom. The predicted octanol–water partition coefficient (Wildman–Crippen LogP) is 4.12. The number of epoxide rings is 1. The summed E-state index contributed by atoms with van der Waals surface area (Å²) in [6, 6.07) is 10.4. The first-order valence-electron chi connectivity index (χ1n) is 9.34. The molecular formula is C20H24O3S. The van der Waals surface area contributed by atoms with Crippen molar-refractivity contribution in [2.75, 3.05) is 0 Å². The zero-order valence-corrected chi connectivity index (χ0v) is 14.6. The van der Waals surface area contributed by atoms with E-state index in [4.69, 9.17) is 9.47 Å². The van der Waals surface area contributed by atoms with Crippen LogP contribution in [-0.4, -0.2) is 28.7 Å². The molecule has 4 heteroatoms. The van der Waals surface area contributed by atoms with Crippen molar-refractivity contribution in [3.8, 4) is 0 Å². The summed E-state index contributed by atoms with van der Waals surface area (Å²) in [4.78, 5) is 12.8. The normalized spacial score (nSPS) is 40.8. The topological polar surface area (TPSA) is 38.8 Å². The van der Waals surface area contributed by atoms with E-state index < -0.39 is 0 Å². The molecule has 3 nitrogen and oxygen atoms in total. The molecule has 24 heavy (non-hydrogen) atoms. The standard InChI is InChI=1S/C20H24O3S/c21-20(14-6-8-15-16(10-14)22-15)23-19(12-4-2-1-3-5-12)13-7-9-17-18(11-13)24-17/h1-5,13-19H,6-11H2. The number of esters is 1. The predicted molar refractivity (Wildman–Crippen MR) is 93.8 cm³/mol. The van der Waals surface area contributed by atoms with Crippen molar-refractivity contribution < 1.29 is 14.3 Å². The number of hydrogen-bond donors (Lipinski definition) is 0. The molecule has 1 aromatic carbocycles. The largest absolute Gasteiger partial charge is 0.457 e. The highest BCUT2D eigenvalue weighted by molar-refractivity contribution is 8.07. The number of thioether (sulfide) groups is 1. The van der Waals surface area contributed by atoms with Crippen LogP contribution in [0.5, 0.6) is 0 Å². The smallest absolute Gasteiger partial charge is 0.309 e. The van der Waals surface area contributed by atoms with Crippen molar-refractivity contribution in [1.82, 2.24) is 0 Å². The molecule has 4 fully saturated rings. The van der Waals surface area contributed by atoms with Gasteiger partial charge in [-0.05, 0) is 44.1 Å². The van der Waals surface area contributed by atoms with E-state index in [1.807, 2.05) is 6.07 Å².